The van der Waals surface area contributed by atoms with Crippen LogP contribution in [0.1, 0.15) is 22.7 Å². The Labute approximate surface area is 120 Å². The molecule has 7 heteroatoms. The topological polar surface area (TPSA) is 21.3 Å². The molecule has 0 heterocycles. The Morgan fingerprint density at radius 3 is 2.00 bits per heavy atom. The second-order valence-electron chi connectivity index (χ2n) is 4.98. The highest BCUT2D eigenvalue weighted by molar-refractivity contribution is 5.30. The Bertz CT molecular complexity index is 453. The fourth-order valence-corrected chi connectivity index (χ4v) is 1.94. The van der Waals surface area contributed by atoms with Gasteiger partial charge in [-0.05, 0) is 26.5 Å². The van der Waals surface area contributed by atoms with Crippen LogP contribution >= 0.6 is 0 Å². The normalized spacial score (nSPS) is 14.3. The van der Waals surface area contributed by atoms with Crippen LogP contribution in [0.2, 0.25) is 0 Å². The highest BCUT2D eigenvalue weighted by Gasteiger charge is 2.57. The van der Waals surface area contributed by atoms with Gasteiger partial charge in [0.05, 0.1) is 12.6 Å². The van der Waals surface area contributed by atoms with E-state index in [4.69, 9.17) is 0 Å². The highest BCUT2D eigenvalue weighted by Crippen LogP contribution is 2.35. The molecule has 0 spiro atoms. The number of likely N-dealkylation sites (N-methyl/N-ethyl adjacent to an activating group) is 1. The maximum Gasteiger partial charge on any atom is 0.455 e. The van der Waals surface area contributed by atoms with Crippen LogP contribution in [0.4, 0.5) is 22.0 Å². The summed E-state index contributed by atoms with van der Waals surface area (Å²) >= 11 is 0. The summed E-state index contributed by atoms with van der Waals surface area (Å²) in [6.45, 7) is 1.80. The molecule has 0 aliphatic heterocycles. The lowest BCUT2D eigenvalue weighted by Gasteiger charge is -2.22. The monoisotopic (exact) mass is 311 g/mol. The van der Waals surface area contributed by atoms with Crippen molar-refractivity contribution in [1.82, 2.24) is 5.32 Å². The summed E-state index contributed by atoms with van der Waals surface area (Å²) in [5, 5.41) is 2.85. The van der Waals surface area contributed by atoms with Crippen molar-refractivity contribution in [2.75, 3.05) is 20.3 Å². The van der Waals surface area contributed by atoms with Crippen LogP contribution in [0.5, 0.6) is 0 Å². The first-order valence-electron chi connectivity index (χ1n) is 6.34. The maximum absolute atomic E-state index is 12.7. The van der Waals surface area contributed by atoms with Gasteiger partial charge in [0.15, 0.2) is 0 Å². The van der Waals surface area contributed by atoms with E-state index in [1.54, 1.807) is 7.05 Å². The molecule has 2 nitrogen and oxygen atoms in total. The summed E-state index contributed by atoms with van der Waals surface area (Å²) < 4.78 is 66.1. The Hall–Kier alpha value is -1.21. The van der Waals surface area contributed by atoms with Crippen molar-refractivity contribution in [1.29, 1.82) is 0 Å². The zero-order valence-electron chi connectivity index (χ0n) is 12.0. The molecule has 0 amide bonds. The Balaban J connectivity index is 2.68. The lowest BCUT2D eigenvalue weighted by atomic mass is 10.0. The molecule has 0 saturated carbocycles. The summed E-state index contributed by atoms with van der Waals surface area (Å²) in [5.74, 6) is -4.84. The molecule has 21 heavy (non-hydrogen) atoms. The van der Waals surface area contributed by atoms with Crippen molar-refractivity contribution >= 4 is 0 Å². The average Bonchev–Trinajstić information content (AvgIpc) is 2.31. The van der Waals surface area contributed by atoms with Gasteiger partial charge in [-0.3, -0.25) is 0 Å². The third-order valence-electron chi connectivity index (χ3n) is 2.98. The lowest BCUT2D eigenvalue weighted by Crippen LogP contribution is -2.41. The zero-order valence-corrected chi connectivity index (χ0v) is 12.0. The molecule has 0 saturated heterocycles. The van der Waals surface area contributed by atoms with Gasteiger partial charge in [-0.25, -0.2) is 0 Å². The van der Waals surface area contributed by atoms with Gasteiger partial charge < -0.3 is 10.1 Å². The number of halogens is 5. The molecule has 0 fully saturated rings. The van der Waals surface area contributed by atoms with E-state index in [0.717, 1.165) is 16.7 Å². The van der Waals surface area contributed by atoms with E-state index < -0.39 is 24.7 Å². The van der Waals surface area contributed by atoms with E-state index in [-0.39, 0.29) is 6.61 Å². The summed E-state index contributed by atoms with van der Waals surface area (Å²) in [6.07, 6.45) is -5.60. The van der Waals surface area contributed by atoms with Crippen molar-refractivity contribution in [2.45, 2.75) is 32.0 Å². The third-order valence-corrected chi connectivity index (χ3v) is 2.98. The van der Waals surface area contributed by atoms with Gasteiger partial charge in [0, 0.05) is 0 Å². The van der Waals surface area contributed by atoms with Crippen LogP contribution in [-0.2, 0) is 4.74 Å². The van der Waals surface area contributed by atoms with Crippen LogP contribution in [-0.4, -0.2) is 32.4 Å². The molecule has 0 radical (unpaired) electrons. The van der Waals surface area contributed by atoms with E-state index in [0.29, 0.717) is 0 Å². The summed E-state index contributed by atoms with van der Waals surface area (Å²) in [6, 6.07) is 5.15. The van der Waals surface area contributed by atoms with Crippen LogP contribution in [0.25, 0.3) is 0 Å². The van der Waals surface area contributed by atoms with Crippen LogP contribution in [0, 0.1) is 13.8 Å². The molecule has 0 bridgehead atoms. The molecular formula is C14H18F5NO. The first kappa shape index (κ1) is 17.8. The van der Waals surface area contributed by atoms with Gasteiger partial charge in [-0.15, -0.1) is 0 Å². The number of aryl methyl sites for hydroxylation is 2. The summed E-state index contributed by atoms with van der Waals surface area (Å²) in [4.78, 5) is 0. The fraction of sp³-hybridized carbons (Fsp3) is 0.571. The van der Waals surface area contributed by atoms with E-state index in [2.05, 4.69) is 10.1 Å². The molecule has 0 aromatic heterocycles. The first-order chi connectivity index (χ1) is 9.56. The van der Waals surface area contributed by atoms with Crippen molar-refractivity contribution in [2.24, 2.45) is 0 Å². The number of hydrogen-bond donors (Lipinski definition) is 1. The Kier molecular flexibility index (Phi) is 5.69. The van der Waals surface area contributed by atoms with Crippen LogP contribution < -0.4 is 5.32 Å². The Morgan fingerprint density at radius 1 is 1.05 bits per heavy atom. The summed E-state index contributed by atoms with van der Waals surface area (Å²) in [5.41, 5.74) is 2.74. The largest absolute Gasteiger partial charge is 0.455 e. The number of nitrogens with one attached hydrogen (secondary N) is 1. The standard InChI is InChI=1S/C14H18F5NO/c1-9-4-10(2)6-11(5-9)12(20-3)7-21-8-13(15,16)14(17,18)19/h4-6,12,20H,7-8H2,1-3H3. The molecule has 0 aliphatic rings. The average molecular weight is 311 g/mol. The van der Waals surface area contributed by atoms with E-state index >= 15 is 0 Å². The van der Waals surface area contributed by atoms with Crippen molar-refractivity contribution in [3.05, 3.63) is 34.9 Å². The number of hydrogen-bond acceptors (Lipinski definition) is 2. The first-order valence-corrected chi connectivity index (χ1v) is 6.34. The van der Waals surface area contributed by atoms with Crippen LogP contribution in [0.3, 0.4) is 0 Å². The SMILES string of the molecule is CNC(COCC(F)(F)C(F)(F)F)c1cc(C)cc(C)c1. The smallest absolute Gasteiger partial charge is 0.373 e. The second kappa shape index (κ2) is 6.70. The maximum atomic E-state index is 12.7. The lowest BCUT2D eigenvalue weighted by molar-refractivity contribution is -0.297. The van der Waals surface area contributed by atoms with Gasteiger partial charge >= 0.3 is 12.1 Å². The molecule has 1 atom stereocenters. The van der Waals surface area contributed by atoms with Crippen molar-refractivity contribution < 1.29 is 26.7 Å². The van der Waals surface area contributed by atoms with Gasteiger partial charge in [0.2, 0.25) is 0 Å². The molecular weight excluding hydrogens is 293 g/mol. The highest BCUT2D eigenvalue weighted by atomic mass is 19.4. The molecule has 1 aromatic rings. The minimum atomic E-state index is -5.60. The van der Waals surface area contributed by atoms with E-state index in [1.165, 1.54) is 0 Å². The molecule has 0 aliphatic carbocycles. The molecule has 1 N–H and O–H groups in total. The second-order valence-corrected chi connectivity index (χ2v) is 4.98. The molecule has 1 rings (SSSR count). The fourth-order valence-electron chi connectivity index (χ4n) is 1.94. The minimum absolute atomic E-state index is 0.273. The molecule has 1 unspecified atom stereocenters. The predicted molar refractivity (Wildman–Crippen MR) is 69.5 cm³/mol. The van der Waals surface area contributed by atoms with Gasteiger partial charge in [-0.2, -0.15) is 22.0 Å². The quantitative estimate of drug-likeness (QED) is 0.807. The number of benzene rings is 1. The zero-order chi connectivity index (χ0) is 16.3. The Morgan fingerprint density at radius 2 is 1.57 bits per heavy atom. The molecule has 120 valence electrons. The number of rotatable bonds is 6. The van der Waals surface area contributed by atoms with Crippen LogP contribution in [0.15, 0.2) is 18.2 Å². The number of alkyl halides is 5. The number of ether oxygens (including phenoxy) is 1. The van der Waals surface area contributed by atoms with E-state index in [1.807, 2.05) is 32.0 Å². The van der Waals surface area contributed by atoms with Gasteiger partial charge in [0.25, 0.3) is 0 Å². The van der Waals surface area contributed by atoms with Crippen molar-refractivity contribution in [3.8, 4) is 0 Å². The van der Waals surface area contributed by atoms with Crippen molar-refractivity contribution in [3.63, 3.8) is 0 Å². The molecule has 1 aromatic carbocycles. The minimum Gasteiger partial charge on any atom is -0.373 e. The van der Waals surface area contributed by atoms with E-state index in [9.17, 15) is 22.0 Å². The summed E-state index contributed by atoms with van der Waals surface area (Å²) in [7, 11) is 1.59. The van der Waals surface area contributed by atoms with Gasteiger partial charge in [0.1, 0.15) is 6.61 Å². The third kappa shape index (κ3) is 4.93. The van der Waals surface area contributed by atoms with Gasteiger partial charge in [-0.1, -0.05) is 29.3 Å². The predicted octanol–water partition coefficient (Wildman–Crippen LogP) is 3.78.